The zero-order valence-corrected chi connectivity index (χ0v) is 11.7. The maximum atomic E-state index is 11.3. The van der Waals surface area contributed by atoms with Gasteiger partial charge in [-0.1, -0.05) is 48.0 Å². The fourth-order valence-corrected chi connectivity index (χ4v) is 2.90. The average molecular weight is 301 g/mol. The van der Waals surface area contributed by atoms with Crippen LogP contribution in [0.4, 0.5) is 0 Å². The van der Waals surface area contributed by atoms with Crippen LogP contribution in [-0.2, 0) is 10.4 Å². The van der Waals surface area contributed by atoms with Gasteiger partial charge in [0.25, 0.3) is 0 Å². The maximum absolute atomic E-state index is 11.3. The van der Waals surface area contributed by atoms with Crippen molar-refractivity contribution in [1.82, 2.24) is 0 Å². The van der Waals surface area contributed by atoms with Gasteiger partial charge in [0, 0.05) is 4.47 Å². The SMILES string of the molecule is CC(C)C(C(=O)O)C(C)(O)c1ccccc1Br. The minimum Gasteiger partial charge on any atom is -0.481 e. The quantitative estimate of drug-likeness (QED) is 0.899. The lowest BCUT2D eigenvalue weighted by molar-refractivity contribution is -0.155. The van der Waals surface area contributed by atoms with Gasteiger partial charge in [0.05, 0.1) is 5.92 Å². The number of carboxylic acid groups (broad SMARTS) is 1. The predicted octanol–water partition coefficient (Wildman–Crippen LogP) is 3.01. The lowest BCUT2D eigenvalue weighted by Gasteiger charge is -2.33. The number of carbonyl (C=O) groups is 1. The van der Waals surface area contributed by atoms with Crippen LogP contribution in [-0.4, -0.2) is 16.2 Å². The standard InChI is InChI=1S/C13H17BrO3/c1-8(2)11(12(15)16)13(3,17)9-6-4-5-7-10(9)14/h4-8,11,17H,1-3H3,(H,15,16). The van der Waals surface area contributed by atoms with Crippen LogP contribution in [0.5, 0.6) is 0 Å². The van der Waals surface area contributed by atoms with E-state index >= 15 is 0 Å². The second-order valence-electron chi connectivity index (χ2n) is 4.69. The number of hydrogen-bond donors (Lipinski definition) is 2. The monoisotopic (exact) mass is 300 g/mol. The Bertz CT molecular complexity index is 413. The molecular formula is C13H17BrO3. The van der Waals surface area contributed by atoms with Crippen LogP contribution in [0.15, 0.2) is 28.7 Å². The van der Waals surface area contributed by atoms with E-state index in [-0.39, 0.29) is 5.92 Å². The van der Waals surface area contributed by atoms with Crippen LogP contribution in [0.1, 0.15) is 26.3 Å². The number of aliphatic hydroxyl groups is 1. The Hall–Kier alpha value is -0.870. The molecule has 0 radical (unpaired) electrons. The summed E-state index contributed by atoms with van der Waals surface area (Å²) in [6, 6.07) is 7.15. The number of hydrogen-bond acceptors (Lipinski definition) is 2. The second-order valence-corrected chi connectivity index (χ2v) is 5.54. The highest BCUT2D eigenvalue weighted by Gasteiger charge is 2.41. The van der Waals surface area contributed by atoms with Gasteiger partial charge in [0.1, 0.15) is 5.60 Å². The predicted molar refractivity (Wildman–Crippen MR) is 69.7 cm³/mol. The Morgan fingerprint density at radius 2 is 1.88 bits per heavy atom. The molecule has 0 bridgehead atoms. The van der Waals surface area contributed by atoms with E-state index in [0.29, 0.717) is 5.56 Å². The van der Waals surface area contributed by atoms with Crippen molar-refractivity contribution >= 4 is 21.9 Å². The highest BCUT2D eigenvalue weighted by atomic mass is 79.9. The highest BCUT2D eigenvalue weighted by molar-refractivity contribution is 9.10. The van der Waals surface area contributed by atoms with Crippen molar-refractivity contribution < 1.29 is 15.0 Å². The summed E-state index contributed by atoms with van der Waals surface area (Å²) in [7, 11) is 0. The molecule has 2 N–H and O–H groups in total. The lowest BCUT2D eigenvalue weighted by Crippen LogP contribution is -2.40. The van der Waals surface area contributed by atoms with Crippen LogP contribution in [0, 0.1) is 11.8 Å². The maximum Gasteiger partial charge on any atom is 0.310 e. The third-order valence-corrected chi connectivity index (χ3v) is 3.65. The molecule has 1 aromatic carbocycles. The van der Waals surface area contributed by atoms with Gasteiger partial charge in [-0.05, 0) is 24.5 Å². The van der Waals surface area contributed by atoms with Crippen molar-refractivity contribution in [2.24, 2.45) is 11.8 Å². The van der Waals surface area contributed by atoms with Crippen LogP contribution in [0.2, 0.25) is 0 Å². The van der Waals surface area contributed by atoms with E-state index in [2.05, 4.69) is 15.9 Å². The topological polar surface area (TPSA) is 57.5 Å². The van der Waals surface area contributed by atoms with Gasteiger partial charge in [0.15, 0.2) is 0 Å². The van der Waals surface area contributed by atoms with E-state index in [1.165, 1.54) is 0 Å². The van der Waals surface area contributed by atoms with Gasteiger partial charge in [-0.2, -0.15) is 0 Å². The van der Waals surface area contributed by atoms with E-state index in [1.54, 1.807) is 39.0 Å². The van der Waals surface area contributed by atoms with Gasteiger partial charge >= 0.3 is 5.97 Å². The smallest absolute Gasteiger partial charge is 0.310 e. The molecule has 0 aliphatic carbocycles. The van der Waals surface area contributed by atoms with Crippen LogP contribution >= 0.6 is 15.9 Å². The molecule has 0 saturated heterocycles. The molecule has 4 heteroatoms. The van der Waals surface area contributed by atoms with Gasteiger partial charge < -0.3 is 10.2 Å². The molecule has 2 unspecified atom stereocenters. The molecule has 3 nitrogen and oxygen atoms in total. The molecule has 0 saturated carbocycles. The summed E-state index contributed by atoms with van der Waals surface area (Å²) in [4.78, 5) is 11.3. The van der Waals surface area contributed by atoms with E-state index in [0.717, 1.165) is 4.47 Å². The molecule has 0 heterocycles. The Kier molecular flexibility index (Phi) is 4.33. The fraction of sp³-hybridized carbons (Fsp3) is 0.462. The number of rotatable bonds is 4. The van der Waals surface area contributed by atoms with Crippen molar-refractivity contribution in [3.8, 4) is 0 Å². The van der Waals surface area contributed by atoms with E-state index < -0.39 is 17.5 Å². The first-order valence-corrected chi connectivity index (χ1v) is 6.28. The van der Waals surface area contributed by atoms with E-state index in [1.807, 2.05) is 6.07 Å². The van der Waals surface area contributed by atoms with E-state index in [9.17, 15) is 15.0 Å². The molecule has 0 fully saturated rings. The van der Waals surface area contributed by atoms with Gasteiger partial charge in [-0.25, -0.2) is 0 Å². The number of aliphatic carboxylic acids is 1. The van der Waals surface area contributed by atoms with Crippen molar-refractivity contribution in [1.29, 1.82) is 0 Å². The van der Waals surface area contributed by atoms with Crippen molar-refractivity contribution in [2.45, 2.75) is 26.4 Å². The van der Waals surface area contributed by atoms with Crippen LogP contribution < -0.4 is 0 Å². The Morgan fingerprint density at radius 1 is 1.35 bits per heavy atom. The lowest BCUT2D eigenvalue weighted by atomic mass is 9.76. The summed E-state index contributed by atoms with van der Waals surface area (Å²) in [6.45, 7) is 5.14. The fourth-order valence-electron chi connectivity index (χ4n) is 2.21. The second kappa shape index (κ2) is 5.19. The van der Waals surface area contributed by atoms with Gasteiger partial charge in [-0.15, -0.1) is 0 Å². The van der Waals surface area contributed by atoms with Crippen LogP contribution in [0.25, 0.3) is 0 Å². The molecule has 94 valence electrons. The van der Waals surface area contributed by atoms with Gasteiger partial charge in [0.2, 0.25) is 0 Å². The highest BCUT2D eigenvalue weighted by Crippen LogP contribution is 2.37. The zero-order valence-electron chi connectivity index (χ0n) is 10.1. The first-order valence-electron chi connectivity index (χ1n) is 5.48. The summed E-state index contributed by atoms with van der Waals surface area (Å²) in [5.74, 6) is -1.99. The molecule has 0 amide bonds. The van der Waals surface area contributed by atoms with Crippen molar-refractivity contribution in [3.63, 3.8) is 0 Å². The van der Waals surface area contributed by atoms with Gasteiger partial charge in [-0.3, -0.25) is 4.79 Å². The molecule has 1 aromatic rings. The summed E-state index contributed by atoms with van der Waals surface area (Å²) >= 11 is 3.35. The summed E-state index contributed by atoms with van der Waals surface area (Å²) in [5.41, 5.74) is -0.804. The minimum atomic E-state index is -1.40. The number of carboxylic acids is 1. The molecule has 0 spiro atoms. The molecule has 0 aliphatic rings. The van der Waals surface area contributed by atoms with E-state index in [4.69, 9.17) is 0 Å². The Labute approximate surface area is 110 Å². The Balaban J connectivity index is 3.26. The molecule has 0 aliphatic heterocycles. The molecule has 1 rings (SSSR count). The number of halogens is 1. The first-order chi connectivity index (χ1) is 7.78. The normalized spacial score (nSPS) is 16.6. The third-order valence-electron chi connectivity index (χ3n) is 2.96. The van der Waals surface area contributed by atoms with Crippen LogP contribution in [0.3, 0.4) is 0 Å². The summed E-state index contributed by atoms with van der Waals surface area (Å²) in [5, 5.41) is 19.8. The zero-order chi connectivity index (χ0) is 13.2. The molecule has 17 heavy (non-hydrogen) atoms. The molecular weight excluding hydrogens is 284 g/mol. The third kappa shape index (κ3) is 2.87. The molecule has 2 atom stereocenters. The average Bonchev–Trinajstić information content (AvgIpc) is 2.15. The number of benzene rings is 1. The van der Waals surface area contributed by atoms with Crippen molar-refractivity contribution in [3.05, 3.63) is 34.3 Å². The first kappa shape index (κ1) is 14.2. The summed E-state index contributed by atoms with van der Waals surface area (Å²) < 4.78 is 0.719. The van der Waals surface area contributed by atoms with Crippen molar-refractivity contribution in [2.75, 3.05) is 0 Å². The largest absolute Gasteiger partial charge is 0.481 e. The Morgan fingerprint density at radius 3 is 2.29 bits per heavy atom. The minimum absolute atomic E-state index is 0.158. The summed E-state index contributed by atoms with van der Waals surface area (Å²) in [6.07, 6.45) is 0. The molecule has 0 aromatic heterocycles.